The Hall–Kier alpha value is -2.49. The Labute approximate surface area is 145 Å². The Morgan fingerprint density at radius 3 is 2.64 bits per heavy atom. The summed E-state index contributed by atoms with van der Waals surface area (Å²) in [5, 5.41) is 6.28. The van der Waals surface area contributed by atoms with Gasteiger partial charge in [-0.05, 0) is 20.3 Å². The van der Waals surface area contributed by atoms with Crippen LogP contribution < -0.4 is 10.2 Å². The summed E-state index contributed by atoms with van der Waals surface area (Å²) >= 11 is 0. The van der Waals surface area contributed by atoms with Gasteiger partial charge in [-0.3, -0.25) is 4.79 Å². The highest BCUT2D eigenvalue weighted by Crippen LogP contribution is 2.21. The zero-order valence-electron chi connectivity index (χ0n) is 14.0. The number of aryl methyl sites for hydroxylation is 1. The highest BCUT2D eigenvalue weighted by Gasteiger charge is 2.32. The molecule has 3 rings (SSSR count). The predicted molar refractivity (Wildman–Crippen MR) is 91.3 cm³/mol. The summed E-state index contributed by atoms with van der Waals surface area (Å²) in [5.41, 5.74) is 0.277. The second kappa shape index (κ2) is 6.79. The predicted octanol–water partition coefficient (Wildman–Crippen LogP) is 1.04. The van der Waals surface area contributed by atoms with Gasteiger partial charge in [-0.2, -0.15) is 0 Å². The average Bonchev–Trinajstić information content (AvgIpc) is 3.14. The molecule has 25 heavy (non-hydrogen) atoms. The molecule has 134 valence electrons. The van der Waals surface area contributed by atoms with Gasteiger partial charge in [0.15, 0.2) is 15.7 Å². The summed E-state index contributed by atoms with van der Waals surface area (Å²) in [6.07, 6.45) is 3.39. The quantitative estimate of drug-likeness (QED) is 0.835. The molecule has 0 aromatic carbocycles. The summed E-state index contributed by atoms with van der Waals surface area (Å²) < 4.78 is 28.2. The first-order valence-electron chi connectivity index (χ1n) is 7.92. The smallest absolute Gasteiger partial charge is 0.260 e. The number of carbonyl (C=O) groups excluding carboxylic acids is 1. The molecule has 0 aliphatic carbocycles. The first kappa shape index (κ1) is 17.3. The minimum absolute atomic E-state index is 0.109. The summed E-state index contributed by atoms with van der Waals surface area (Å²) in [4.78, 5) is 22.5. The van der Waals surface area contributed by atoms with Crippen LogP contribution in [0.25, 0.3) is 0 Å². The van der Waals surface area contributed by atoms with Gasteiger partial charge in [-0.1, -0.05) is 5.16 Å². The number of amides is 1. The fraction of sp³-hybridized carbons (Fsp3) is 0.467. The van der Waals surface area contributed by atoms with Crippen LogP contribution in [0.3, 0.4) is 0 Å². The van der Waals surface area contributed by atoms with Crippen molar-refractivity contribution < 1.29 is 17.7 Å². The van der Waals surface area contributed by atoms with Crippen LogP contribution in [0.15, 0.2) is 23.0 Å². The number of sulfone groups is 1. The number of nitrogens with one attached hydrogen (secondary N) is 1. The van der Waals surface area contributed by atoms with Gasteiger partial charge in [0.2, 0.25) is 5.95 Å². The van der Waals surface area contributed by atoms with Crippen molar-refractivity contribution in [3.63, 3.8) is 0 Å². The maximum atomic E-state index is 12.1. The SMILES string of the molecule is CCN(c1ncc(C(=O)Nc2cc(C)on2)cn1)C1CCS(=O)(=O)C1. The molecule has 1 amide bonds. The lowest BCUT2D eigenvalue weighted by Gasteiger charge is -2.26. The van der Waals surface area contributed by atoms with Gasteiger partial charge in [-0.15, -0.1) is 0 Å². The van der Waals surface area contributed by atoms with E-state index in [1.54, 1.807) is 13.0 Å². The van der Waals surface area contributed by atoms with Crippen LogP contribution >= 0.6 is 0 Å². The second-order valence-electron chi connectivity index (χ2n) is 5.89. The molecule has 3 heterocycles. The molecule has 0 radical (unpaired) electrons. The van der Waals surface area contributed by atoms with Crippen molar-refractivity contribution in [3.05, 3.63) is 29.8 Å². The zero-order valence-corrected chi connectivity index (χ0v) is 14.8. The highest BCUT2D eigenvalue weighted by molar-refractivity contribution is 7.91. The Bertz CT molecular complexity index is 862. The zero-order chi connectivity index (χ0) is 18.0. The van der Waals surface area contributed by atoms with E-state index in [-0.39, 0.29) is 23.1 Å². The Kier molecular flexibility index (Phi) is 4.71. The molecule has 0 saturated carbocycles. The van der Waals surface area contributed by atoms with Crippen molar-refractivity contribution in [3.8, 4) is 0 Å². The number of nitrogens with zero attached hydrogens (tertiary/aromatic N) is 4. The molecule has 1 unspecified atom stereocenters. The Morgan fingerprint density at radius 1 is 1.40 bits per heavy atom. The molecule has 1 aliphatic heterocycles. The number of carbonyl (C=O) groups is 1. The molecule has 1 aliphatic rings. The van der Waals surface area contributed by atoms with E-state index < -0.39 is 15.7 Å². The highest BCUT2D eigenvalue weighted by atomic mass is 32.2. The monoisotopic (exact) mass is 365 g/mol. The molecule has 10 heteroatoms. The molecule has 1 fully saturated rings. The third kappa shape index (κ3) is 3.95. The summed E-state index contributed by atoms with van der Waals surface area (Å²) in [6, 6.07) is 1.47. The van der Waals surface area contributed by atoms with Crippen LogP contribution in [0.4, 0.5) is 11.8 Å². The van der Waals surface area contributed by atoms with E-state index in [1.165, 1.54) is 12.4 Å². The topological polar surface area (TPSA) is 118 Å². The molecule has 2 aromatic rings. The second-order valence-corrected chi connectivity index (χ2v) is 8.12. The third-order valence-electron chi connectivity index (χ3n) is 4.02. The molecule has 2 aromatic heterocycles. The number of hydrogen-bond donors (Lipinski definition) is 1. The van der Waals surface area contributed by atoms with Crippen molar-refractivity contribution in [2.24, 2.45) is 0 Å². The largest absolute Gasteiger partial charge is 0.360 e. The minimum Gasteiger partial charge on any atom is -0.360 e. The van der Waals surface area contributed by atoms with E-state index in [2.05, 4.69) is 20.4 Å². The first-order valence-corrected chi connectivity index (χ1v) is 9.74. The lowest BCUT2D eigenvalue weighted by Crippen LogP contribution is -2.37. The van der Waals surface area contributed by atoms with E-state index in [0.717, 1.165) is 0 Å². The normalized spacial score (nSPS) is 18.9. The number of rotatable bonds is 5. The number of hydrogen-bond acceptors (Lipinski definition) is 8. The van der Waals surface area contributed by atoms with Gasteiger partial charge in [0, 0.05) is 31.0 Å². The summed E-state index contributed by atoms with van der Waals surface area (Å²) in [5.74, 6) is 1.22. The van der Waals surface area contributed by atoms with Crippen LogP contribution in [0.2, 0.25) is 0 Å². The van der Waals surface area contributed by atoms with E-state index in [9.17, 15) is 13.2 Å². The lowest BCUT2D eigenvalue weighted by atomic mass is 10.2. The van der Waals surface area contributed by atoms with Gasteiger partial charge in [-0.25, -0.2) is 18.4 Å². The van der Waals surface area contributed by atoms with Crippen molar-refractivity contribution >= 4 is 27.5 Å². The summed E-state index contributed by atoms with van der Waals surface area (Å²) in [6.45, 7) is 4.23. The molecule has 1 N–H and O–H groups in total. The van der Waals surface area contributed by atoms with E-state index in [4.69, 9.17) is 4.52 Å². The minimum atomic E-state index is -2.99. The maximum absolute atomic E-state index is 12.1. The summed E-state index contributed by atoms with van der Waals surface area (Å²) in [7, 11) is -2.99. The fourth-order valence-corrected chi connectivity index (χ4v) is 4.52. The molecular formula is C15H19N5O4S. The molecule has 0 bridgehead atoms. The van der Waals surface area contributed by atoms with Crippen molar-refractivity contribution in [1.29, 1.82) is 0 Å². The standard InChI is InChI=1S/C15H19N5O4S/c1-3-20(12-4-5-25(22,23)9-12)15-16-7-11(8-17-15)14(21)18-13-6-10(2)24-19-13/h6-8,12H,3-5,9H2,1-2H3,(H,18,19,21). The average molecular weight is 365 g/mol. The van der Waals surface area contributed by atoms with Crippen LogP contribution in [0.5, 0.6) is 0 Å². The van der Waals surface area contributed by atoms with E-state index >= 15 is 0 Å². The van der Waals surface area contributed by atoms with Crippen molar-refractivity contribution in [2.75, 3.05) is 28.3 Å². The van der Waals surface area contributed by atoms with Gasteiger partial charge in [0.25, 0.3) is 5.91 Å². The van der Waals surface area contributed by atoms with Crippen molar-refractivity contribution in [1.82, 2.24) is 15.1 Å². The number of aromatic nitrogens is 3. The molecule has 1 atom stereocenters. The van der Waals surface area contributed by atoms with Crippen LogP contribution in [-0.2, 0) is 9.84 Å². The third-order valence-corrected chi connectivity index (χ3v) is 5.77. The molecule has 9 nitrogen and oxygen atoms in total. The van der Waals surface area contributed by atoms with Gasteiger partial charge < -0.3 is 14.7 Å². The maximum Gasteiger partial charge on any atom is 0.260 e. The number of anilines is 2. The molecular weight excluding hydrogens is 346 g/mol. The van der Waals surface area contributed by atoms with Crippen LogP contribution in [0.1, 0.15) is 29.5 Å². The van der Waals surface area contributed by atoms with E-state index in [0.29, 0.717) is 30.5 Å². The van der Waals surface area contributed by atoms with Crippen LogP contribution in [0, 0.1) is 6.92 Å². The van der Waals surface area contributed by atoms with Crippen molar-refractivity contribution in [2.45, 2.75) is 26.3 Å². The van der Waals surface area contributed by atoms with E-state index in [1.807, 2.05) is 11.8 Å². The van der Waals surface area contributed by atoms with Gasteiger partial charge >= 0.3 is 0 Å². The lowest BCUT2D eigenvalue weighted by molar-refractivity contribution is 0.102. The van der Waals surface area contributed by atoms with Gasteiger partial charge in [0.1, 0.15) is 5.76 Å². The van der Waals surface area contributed by atoms with Gasteiger partial charge in [0.05, 0.1) is 17.1 Å². The Balaban J connectivity index is 1.71. The van der Waals surface area contributed by atoms with Crippen LogP contribution in [-0.4, -0.2) is 53.5 Å². The molecule has 1 saturated heterocycles. The fourth-order valence-electron chi connectivity index (χ4n) is 2.78. The molecule has 0 spiro atoms. The first-order chi connectivity index (χ1) is 11.9. The Morgan fingerprint density at radius 2 is 2.12 bits per heavy atom.